The lowest BCUT2D eigenvalue weighted by Crippen LogP contribution is -2.26. The molecule has 0 bridgehead atoms. The molecule has 96 valence electrons. The van der Waals surface area contributed by atoms with E-state index in [4.69, 9.17) is 9.47 Å². The van der Waals surface area contributed by atoms with Crippen molar-refractivity contribution < 1.29 is 9.47 Å². The Kier molecular flexibility index (Phi) is 8.88. The van der Waals surface area contributed by atoms with Crippen LogP contribution in [0.2, 0.25) is 0 Å². The van der Waals surface area contributed by atoms with Crippen LogP contribution in [0.3, 0.4) is 0 Å². The van der Waals surface area contributed by atoms with Crippen molar-refractivity contribution in [3.8, 4) is 0 Å². The van der Waals surface area contributed by atoms with Gasteiger partial charge in [-0.2, -0.15) is 0 Å². The number of ether oxygens (including phenoxy) is 2. The van der Waals surface area contributed by atoms with Gasteiger partial charge in [-0.05, 0) is 43.5 Å². The molecule has 0 N–H and O–H groups in total. The number of unbranched alkanes of at least 4 members (excludes halogenated alkanes) is 3. The molecule has 16 heavy (non-hydrogen) atoms. The second-order valence-corrected chi connectivity index (χ2v) is 5.71. The zero-order chi connectivity index (χ0) is 11.6. The second kappa shape index (κ2) is 9.66. The van der Waals surface area contributed by atoms with Crippen molar-refractivity contribution in [2.45, 2.75) is 70.7 Å². The maximum absolute atomic E-state index is 5.87. The second-order valence-electron chi connectivity index (χ2n) is 4.63. The topological polar surface area (TPSA) is 18.5 Å². The Bertz CT molecular complexity index is 158. The summed E-state index contributed by atoms with van der Waals surface area (Å²) in [4.78, 5) is 0. The van der Waals surface area contributed by atoms with Gasteiger partial charge in [0.05, 0.1) is 6.10 Å². The smallest absolute Gasteiger partial charge is 0.157 e. The molecule has 1 saturated heterocycles. The molecule has 1 aliphatic rings. The molecule has 0 aromatic rings. The maximum atomic E-state index is 5.87. The molecule has 1 heterocycles. The zero-order valence-electron chi connectivity index (χ0n) is 10.4. The lowest BCUT2D eigenvalue weighted by atomic mass is 10.1. The minimum atomic E-state index is 0.0816. The fourth-order valence-electron chi connectivity index (χ4n) is 2.03. The van der Waals surface area contributed by atoms with E-state index in [1.165, 1.54) is 49.4 Å². The SMILES string of the molecule is CC(CCCCCCI)OC1CCCCO1. The average Bonchev–Trinajstić information content (AvgIpc) is 2.30. The van der Waals surface area contributed by atoms with E-state index < -0.39 is 0 Å². The predicted octanol–water partition coefficient (Wildman–Crippen LogP) is 4.30. The summed E-state index contributed by atoms with van der Waals surface area (Å²) in [6, 6.07) is 0. The van der Waals surface area contributed by atoms with E-state index in [0.29, 0.717) is 6.10 Å². The Morgan fingerprint density at radius 3 is 2.75 bits per heavy atom. The minimum absolute atomic E-state index is 0.0816. The summed E-state index contributed by atoms with van der Waals surface area (Å²) < 4.78 is 12.7. The molecule has 2 nitrogen and oxygen atoms in total. The summed E-state index contributed by atoms with van der Waals surface area (Å²) in [6.45, 7) is 3.06. The van der Waals surface area contributed by atoms with Gasteiger partial charge in [0, 0.05) is 6.61 Å². The number of alkyl halides is 1. The molecule has 0 saturated carbocycles. The summed E-state index contributed by atoms with van der Waals surface area (Å²) in [5.41, 5.74) is 0. The van der Waals surface area contributed by atoms with Crippen molar-refractivity contribution in [1.82, 2.24) is 0 Å². The highest BCUT2D eigenvalue weighted by atomic mass is 127. The number of hydrogen-bond acceptors (Lipinski definition) is 2. The Balaban J connectivity index is 1.95. The highest BCUT2D eigenvalue weighted by molar-refractivity contribution is 14.1. The number of halogens is 1. The van der Waals surface area contributed by atoms with Gasteiger partial charge in [0.15, 0.2) is 6.29 Å². The number of rotatable bonds is 8. The third kappa shape index (κ3) is 7.07. The monoisotopic (exact) mass is 340 g/mol. The van der Waals surface area contributed by atoms with Gasteiger partial charge in [0.1, 0.15) is 0 Å². The van der Waals surface area contributed by atoms with Gasteiger partial charge in [-0.3, -0.25) is 0 Å². The third-order valence-corrected chi connectivity index (χ3v) is 3.78. The van der Waals surface area contributed by atoms with Crippen LogP contribution in [0.1, 0.15) is 58.3 Å². The van der Waals surface area contributed by atoms with Crippen LogP contribution in [0.15, 0.2) is 0 Å². The summed E-state index contributed by atoms with van der Waals surface area (Å²) >= 11 is 2.45. The molecule has 0 aromatic heterocycles. The molecular weight excluding hydrogens is 315 g/mol. The normalized spacial score (nSPS) is 23.2. The van der Waals surface area contributed by atoms with Crippen LogP contribution in [0.4, 0.5) is 0 Å². The Morgan fingerprint density at radius 1 is 1.25 bits per heavy atom. The molecule has 0 spiro atoms. The predicted molar refractivity (Wildman–Crippen MR) is 76.1 cm³/mol. The minimum Gasteiger partial charge on any atom is -0.353 e. The van der Waals surface area contributed by atoms with Gasteiger partial charge in [-0.15, -0.1) is 0 Å². The number of hydrogen-bond donors (Lipinski definition) is 0. The molecule has 1 rings (SSSR count). The first-order valence-corrected chi connectivity index (χ1v) is 8.18. The first-order valence-electron chi connectivity index (χ1n) is 6.66. The molecule has 0 amide bonds. The molecule has 0 aliphatic carbocycles. The molecule has 1 fully saturated rings. The Hall–Kier alpha value is 0.650. The standard InChI is InChI=1S/C13H25IO2/c1-12(8-4-2-3-6-10-14)16-13-9-5-7-11-15-13/h12-13H,2-11H2,1H3. The van der Waals surface area contributed by atoms with E-state index in [-0.39, 0.29) is 6.29 Å². The molecule has 0 aromatic carbocycles. The molecular formula is C13H25IO2. The lowest BCUT2D eigenvalue weighted by Gasteiger charge is -2.26. The van der Waals surface area contributed by atoms with Crippen LogP contribution in [-0.4, -0.2) is 23.4 Å². The van der Waals surface area contributed by atoms with Gasteiger partial charge in [-0.25, -0.2) is 0 Å². The van der Waals surface area contributed by atoms with E-state index in [2.05, 4.69) is 29.5 Å². The highest BCUT2D eigenvalue weighted by Crippen LogP contribution is 2.17. The molecule has 2 unspecified atom stereocenters. The van der Waals surface area contributed by atoms with Crippen molar-refractivity contribution in [1.29, 1.82) is 0 Å². The van der Waals surface area contributed by atoms with Gasteiger partial charge < -0.3 is 9.47 Å². The van der Waals surface area contributed by atoms with E-state index in [1.807, 2.05) is 0 Å². The van der Waals surface area contributed by atoms with Gasteiger partial charge in [0.2, 0.25) is 0 Å². The summed E-state index contributed by atoms with van der Waals surface area (Å²) in [7, 11) is 0. The fourth-order valence-corrected chi connectivity index (χ4v) is 2.56. The van der Waals surface area contributed by atoms with Crippen LogP contribution >= 0.6 is 22.6 Å². The first-order chi connectivity index (χ1) is 7.83. The Labute approximate surface area is 114 Å². The van der Waals surface area contributed by atoms with Crippen LogP contribution in [0.5, 0.6) is 0 Å². The van der Waals surface area contributed by atoms with Gasteiger partial charge in [0.25, 0.3) is 0 Å². The highest BCUT2D eigenvalue weighted by Gasteiger charge is 2.16. The molecule has 3 heteroatoms. The first kappa shape index (κ1) is 14.7. The quantitative estimate of drug-likeness (QED) is 0.373. The van der Waals surface area contributed by atoms with E-state index >= 15 is 0 Å². The van der Waals surface area contributed by atoms with E-state index in [9.17, 15) is 0 Å². The van der Waals surface area contributed by atoms with E-state index in [1.54, 1.807) is 0 Å². The van der Waals surface area contributed by atoms with Crippen LogP contribution in [-0.2, 0) is 9.47 Å². The summed E-state index contributed by atoms with van der Waals surface area (Å²) in [5.74, 6) is 0. The van der Waals surface area contributed by atoms with Crippen molar-refractivity contribution in [2.24, 2.45) is 0 Å². The zero-order valence-corrected chi connectivity index (χ0v) is 12.6. The maximum Gasteiger partial charge on any atom is 0.157 e. The summed E-state index contributed by atoms with van der Waals surface area (Å²) in [5, 5.41) is 0. The lowest BCUT2D eigenvalue weighted by molar-refractivity contribution is -0.185. The van der Waals surface area contributed by atoms with Crippen molar-refractivity contribution in [3.05, 3.63) is 0 Å². The van der Waals surface area contributed by atoms with Crippen molar-refractivity contribution in [2.75, 3.05) is 11.0 Å². The van der Waals surface area contributed by atoms with Crippen LogP contribution < -0.4 is 0 Å². The molecule has 1 aliphatic heterocycles. The van der Waals surface area contributed by atoms with Crippen molar-refractivity contribution in [3.63, 3.8) is 0 Å². The average molecular weight is 340 g/mol. The van der Waals surface area contributed by atoms with Crippen molar-refractivity contribution >= 4 is 22.6 Å². The fraction of sp³-hybridized carbons (Fsp3) is 1.00. The van der Waals surface area contributed by atoms with Gasteiger partial charge >= 0.3 is 0 Å². The largest absolute Gasteiger partial charge is 0.353 e. The van der Waals surface area contributed by atoms with Gasteiger partial charge in [-0.1, -0.05) is 41.9 Å². The molecule has 0 radical (unpaired) electrons. The third-order valence-electron chi connectivity index (χ3n) is 3.02. The van der Waals surface area contributed by atoms with E-state index in [0.717, 1.165) is 13.0 Å². The molecule has 2 atom stereocenters. The summed E-state index contributed by atoms with van der Waals surface area (Å²) in [6.07, 6.45) is 10.5. The van der Waals surface area contributed by atoms with Crippen LogP contribution in [0.25, 0.3) is 0 Å². The van der Waals surface area contributed by atoms with Crippen LogP contribution in [0, 0.1) is 0 Å². The Morgan fingerprint density at radius 2 is 2.06 bits per heavy atom.